The molecule has 0 aliphatic heterocycles. The van der Waals surface area contributed by atoms with E-state index in [1.165, 1.54) is 12.4 Å². The van der Waals surface area contributed by atoms with Gasteiger partial charge in [0, 0.05) is 18.2 Å². The Morgan fingerprint density at radius 3 is 2.65 bits per heavy atom. The predicted octanol–water partition coefficient (Wildman–Crippen LogP) is 2.22. The van der Waals surface area contributed by atoms with E-state index >= 15 is 0 Å². The maximum atomic E-state index is 10.6. The van der Waals surface area contributed by atoms with Crippen LogP contribution < -0.4 is 16.4 Å². The second-order valence-electron chi connectivity index (χ2n) is 8.27. The molecule has 2 aliphatic rings. The van der Waals surface area contributed by atoms with Gasteiger partial charge in [0.05, 0.1) is 18.1 Å². The van der Waals surface area contributed by atoms with Crippen LogP contribution in [0.15, 0.2) is 18.5 Å². The standard InChI is InChI=1S/C22H26N8O/c23-12-17-13-26-21(14-25-17)28-20-11-19(27-16-5-3-4-15(24)10-16)18(29-30-20)6-9-22(31)7-1-2-8-22/h11,13-16,31H,1-5,7-8,10,24H2,(H2,26,27,28,30). The maximum Gasteiger partial charge on any atom is 0.159 e. The predicted molar refractivity (Wildman–Crippen MR) is 116 cm³/mol. The molecular formula is C22H26N8O. The van der Waals surface area contributed by atoms with Crippen molar-refractivity contribution in [3.8, 4) is 17.9 Å². The Hall–Kier alpha value is -3.27. The van der Waals surface area contributed by atoms with Crippen molar-refractivity contribution in [3.63, 3.8) is 0 Å². The number of anilines is 3. The normalized spacial score (nSPS) is 22.1. The molecule has 9 heteroatoms. The minimum Gasteiger partial charge on any atom is -0.380 e. The fourth-order valence-corrected chi connectivity index (χ4v) is 4.08. The molecule has 0 saturated heterocycles. The van der Waals surface area contributed by atoms with Crippen LogP contribution in [-0.4, -0.2) is 43.0 Å². The lowest BCUT2D eigenvalue weighted by molar-refractivity contribution is 0.110. The third kappa shape index (κ3) is 5.46. The maximum absolute atomic E-state index is 10.6. The molecule has 0 spiro atoms. The van der Waals surface area contributed by atoms with Crippen LogP contribution in [0.5, 0.6) is 0 Å². The van der Waals surface area contributed by atoms with Gasteiger partial charge in [-0.25, -0.2) is 9.97 Å². The van der Waals surface area contributed by atoms with E-state index in [4.69, 9.17) is 11.0 Å². The summed E-state index contributed by atoms with van der Waals surface area (Å²) in [6.07, 6.45) is 10.2. The van der Waals surface area contributed by atoms with Crippen LogP contribution in [0.4, 0.5) is 17.3 Å². The summed E-state index contributed by atoms with van der Waals surface area (Å²) >= 11 is 0. The SMILES string of the molecule is N#Cc1cnc(Nc2cc(NC3CCCC(N)C3)c(C#CC3(O)CCCC3)nn2)cn1. The van der Waals surface area contributed by atoms with Crippen molar-refractivity contribution in [2.24, 2.45) is 5.73 Å². The minimum absolute atomic E-state index is 0.182. The summed E-state index contributed by atoms with van der Waals surface area (Å²) < 4.78 is 0. The van der Waals surface area contributed by atoms with Crippen molar-refractivity contribution in [1.29, 1.82) is 5.26 Å². The molecule has 160 valence electrons. The lowest BCUT2D eigenvalue weighted by Crippen LogP contribution is -2.35. The van der Waals surface area contributed by atoms with E-state index < -0.39 is 5.60 Å². The first-order chi connectivity index (χ1) is 15.0. The van der Waals surface area contributed by atoms with Crippen LogP contribution in [0.3, 0.4) is 0 Å². The third-order valence-corrected chi connectivity index (χ3v) is 5.74. The monoisotopic (exact) mass is 418 g/mol. The number of nitrogens with zero attached hydrogens (tertiary/aromatic N) is 5. The number of nitrogens with two attached hydrogens (primary N) is 1. The lowest BCUT2D eigenvalue weighted by Gasteiger charge is -2.28. The summed E-state index contributed by atoms with van der Waals surface area (Å²) in [6.45, 7) is 0. The van der Waals surface area contributed by atoms with Gasteiger partial charge in [0.1, 0.15) is 17.5 Å². The van der Waals surface area contributed by atoms with Crippen molar-refractivity contribution in [2.45, 2.75) is 69.1 Å². The van der Waals surface area contributed by atoms with E-state index in [0.29, 0.717) is 30.2 Å². The number of hydrogen-bond acceptors (Lipinski definition) is 9. The Balaban J connectivity index is 1.59. The van der Waals surface area contributed by atoms with Gasteiger partial charge in [-0.3, -0.25) is 0 Å². The van der Waals surface area contributed by atoms with Crippen LogP contribution in [0.25, 0.3) is 0 Å². The van der Waals surface area contributed by atoms with Gasteiger partial charge in [-0.2, -0.15) is 5.26 Å². The Kier molecular flexibility index (Phi) is 6.26. The topological polar surface area (TPSA) is 146 Å². The van der Waals surface area contributed by atoms with E-state index in [0.717, 1.165) is 44.2 Å². The van der Waals surface area contributed by atoms with Gasteiger partial charge in [-0.1, -0.05) is 5.92 Å². The zero-order chi connectivity index (χ0) is 21.7. The Morgan fingerprint density at radius 1 is 1.10 bits per heavy atom. The summed E-state index contributed by atoms with van der Waals surface area (Å²) in [5.41, 5.74) is 6.69. The highest BCUT2D eigenvalue weighted by molar-refractivity contribution is 5.63. The molecule has 2 saturated carbocycles. The van der Waals surface area contributed by atoms with Gasteiger partial charge in [-0.15, -0.1) is 10.2 Å². The van der Waals surface area contributed by atoms with E-state index in [1.807, 2.05) is 12.1 Å². The van der Waals surface area contributed by atoms with Crippen LogP contribution >= 0.6 is 0 Å². The number of aliphatic hydroxyl groups is 1. The van der Waals surface area contributed by atoms with Crippen LogP contribution in [0.2, 0.25) is 0 Å². The Labute approximate surface area is 181 Å². The second kappa shape index (κ2) is 9.25. The largest absolute Gasteiger partial charge is 0.380 e. The van der Waals surface area contributed by atoms with Crippen molar-refractivity contribution < 1.29 is 5.11 Å². The molecule has 0 radical (unpaired) electrons. The molecule has 2 unspecified atom stereocenters. The molecule has 2 aliphatic carbocycles. The fraction of sp³-hybridized carbons (Fsp3) is 0.500. The molecule has 4 rings (SSSR count). The fourth-order valence-electron chi connectivity index (χ4n) is 4.08. The van der Waals surface area contributed by atoms with Crippen LogP contribution in [0.1, 0.15) is 62.8 Å². The van der Waals surface area contributed by atoms with Crippen molar-refractivity contribution >= 4 is 17.3 Å². The molecule has 2 fully saturated rings. The molecular weight excluding hydrogens is 392 g/mol. The van der Waals surface area contributed by atoms with Gasteiger partial charge in [-0.05, 0) is 57.3 Å². The van der Waals surface area contributed by atoms with Gasteiger partial charge < -0.3 is 21.5 Å². The smallest absolute Gasteiger partial charge is 0.159 e. The number of nitriles is 1. The zero-order valence-electron chi connectivity index (χ0n) is 17.3. The summed E-state index contributed by atoms with van der Waals surface area (Å²) in [6, 6.07) is 4.18. The molecule has 5 N–H and O–H groups in total. The quantitative estimate of drug-likeness (QED) is 0.549. The van der Waals surface area contributed by atoms with Crippen molar-refractivity contribution in [3.05, 3.63) is 29.8 Å². The van der Waals surface area contributed by atoms with Gasteiger partial charge in [0.2, 0.25) is 0 Å². The zero-order valence-corrected chi connectivity index (χ0v) is 17.3. The molecule has 2 atom stereocenters. The molecule has 0 aromatic carbocycles. The Morgan fingerprint density at radius 2 is 1.94 bits per heavy atom. The lowest BCUT2D eigenvalue weighted by atomic mass is 9.91. The second-order valence-corrected chi connectivity index (χ2v) is 8.27. The average molecular weight is 419 g/mol. The number of aromatic nitrogens is 4. The molecule has 0 amide bonds. The van der Waals surface area contributed by atoms with Crippen LogP contribution in [-0.2, 0) is 0 Å². The first-order valence-corrected chi connectivity index (χ1v) is 10.7. The summed E-state index contributed by atoms with van der Waals surface area (Å²) in [5, 5.41) is 34.5. The minimum atomic E-state index is -0.943. The summed E-state index contributed by atoms with van der Waals surface area (Å²) in [5.74, 6) is 6.99. The van der Waals surface area contributed by atoms with Gasteiger partial charge in [0.15, 0.2) is 17.2 Å². The number of rotatable bonds is 4. The Bertz CT molecular complexity index is 1010. The molecule has 2 heterocycles. The van der Waals surface area contributed by atoms with E-state index in [-0.39, 0.29) is 17.8 Å². The molecule has 9 nitrogen and oxygen atoms in total. The van der Waals surface area contributed by atoms with Gasteiger partial charge in [0.25, 0.3) is 0 Å². The molecule has 31 heavy (non-hydrogen) atoms. The van der Waals surface area contributed by atoms with E-state index in [9.17, 15) is 5.11 Å². The number of hydrogen-bond donors (Lipinski definition) is 4. The first-order valence-electron chi connectivity index (χ1n) is 10.7. The highest BCUT2D eigenvalue weighted by atomic mass is 16.3. The van der Waals surface area contributed by atoms with Crippen LogP contribution in [0, 0.1) is 23.2 Å². The third-order valence-electron chi connectivity index (χ3n) is 5.74. The summed E-state index contributed by atoms with van der Waals surface area (Å²) in [4.78, 5) is 8.16. The first kappa shape index (κ1) is 21.0. The highest BCUT2D eigenvalue weighted by Gasteiger charge is 2.29. The summed E-state index contributed by atoms with van der Waals surface area (Å²) in [7, 11) is 0. The molecule has 2 aromatic heterocycles. The average Bonchev–Trinajstić information content (AvgIpc) is 3.20. The highest BCUT2D eigenvalue weighted by Crippen LogP contribution is 2.29. The molecule has 2 aromatic rings. The van der Waals surface area contributed by atoms with E-state index in [1.54, 1.807) is 0 Å². The molecule has 0 bridgehead atoms. The van der Waals surface area contributed by atoms with Crippen molar-refractivity contribution in [2.75, 3.05) is 10.6 Å². The van der Waals surface area contributed by atoms with E-state index in [2.05, 4.69) is 42.6 Å². The number of nitrogens with one attached hydrogen (secondary N) is 2. The van der Waals surface area contributed by atoms with Crippen molar-refractivity contribution in [1.82, 2.24) is 20.2 Å². The van der Waals surface area contributed by atoms with Gasteiger partial charge >= 0.3 is 0 Å².